The third-order valence-corrected chi connectivity index (χ3v) is 7.16. The summed E-state index contributed by atoms with van der Waals surface area (Å²) in [6, 6.07) is 8.47. The summed E-state index contributed by atoms with van der Waals surface area (Å²) in [5.41, 5.74) is -0.505. The molecule has 2 aromatic rings. The first kappa shape index (κ1) is 23.2. The number of rotatable bonds is 5. The fourth-order valence-electron chi connectivity index (χ4n) is 3.53. The van der Waals surface area contributed by atoms with Crippen molar-refractivity contribution in [2.24, 2.45) is 5.92 Å². The van der Waals surface area contributed by atoms with Crippen molar-refractivity contribution in [3.63, 3.8) is 0 Å². The average Bonchev–Trinajstić information content (AvgIpc) is 2.73. The third kappa shape index (κ3) is 5.43. The molecule has 1 saturated heterocycles. The minimum atomic E-state index is -4.49. The number of nitrogens with one attached hydrogen (secondary N) is 1. The molecule has 3 rings (SSSR count). The Hall–Kier alpha value is -2.46. The molecule has 0 aliphatic carbocycles. The van der Waals surface area contributed by atoms with Crippen LogP contribution in [0.5, 0.6) is 0 Å². The van der Waals surface area contributed by atoms with Gasteiger partial charge in [0.15, 0.2) is 0 Å². The van der Waals surface area contributed by atoms with Gasteiger partial charge in [-0.25, -0.2) is 12.8 Å². The predicted molar refractivity (Wildman–Crippen MR) is 106 cm³/mol. The Labute approximate surface area is 178 Å². The smallest absolute Gasteiger partial charge is 0.349 e. The molecule has 1 aliphatic heterocycles. The maximum absolute atomic E-state index is 13.1. The molecular formula is C21H22F4N2O3S. The Morgan fingerprint density at radius 2 is 1.84 bits per heavy atom. The van der Waals surface area contributed by atoms with Gasteiger partial charge >= 0.3 is 6.18 Å². The van der Waals surface area contributed by atoms with Crippen LogP contribution in [0.1, 0.15) is 36.9 Å². The molecule has 0 radical (unpaired) electrons. The summed E-state index contributed by atoms with van der Waals surface area (Å²) >= 11 is 0. The minimum absolute atomic E-state index is 0.0547. The fourth-order valence-corrected chi connectivity index (χ4v) is 5.05. The van der Waals surface area contributed by atoms with Crippen LogP contribution < -0.4 is 5.32 Å². The van der Waals surface area contributed by atoms with Crippen LogP contribution in [0, 0.1) is 11.7 Å². The zero-order valence-corrected chi connectivity index (χ0v) is 17.5. The standard InChI is InChI=1S/C21H22F4N2O3S/c1-14(15-4-2-6-17(12-15)21(23,24)25)26-20(28)16-5-3-11-27(13-16)31(29,30)19-9-7-18(22)8-10-19/h2,4,6-10,12,14,16H,3,5,11,13H2,1H3,(H,26,28)/t14-,16+/m0/s1. The van der Waals surface area contributed by atoms with Crippen molar-refractivity contribution in [3.05, 3.63) is 65.5 Å². The lowest BCUT2D eigenvalue weighted by Crippen LogP contribution is -2.45. The second-order valence-corrected chi connectivity index (χ2v) is 9.45. The van der Waals surface area contributed by atoms with Gasteiger partial charge in [0.2, 0.25) is 15.9 Å². The van der Waals surface area contributed by atoms with Gasteiger partial charge in [0.25, 0.3) is 0 Å². The van der Waals surface area contributed by atoms with Crippen molar-refractivity contribution in [1.29, 1.82) is 0 Å². The summed E-state index contributed by atoms with van der Waals surface area (Å²) in [6.45, 7) is 1.75. The van der Waals surface area contributed by atoms with E-state index in [0.29, 0.717) is 18.4 Å². The number of piperidine rings is 1. The van der Waals surface area contributed by atoms with Crippen LogP contribution in [0.15, 0.2) is 53.4 Å². The number of sulfonamides is 1. The van der Waals surface area contributed by atoms with Crippen molar-refractivity contribution in [2.45, 2.75) is 36.9 Å². The zero-order chi connectivity index (χ0) is 22.8. The fraction of sp³-hybridized carbons (Fsp3) is 0.381. The molecule has 1 aliphatic rings. The Bertz CT molecular complexity index is 1040. The third-order valence-electron chi connectivity index (χ3n) is 5.28. The lowest BCUT2D eigenvalue weighted by atomic mass is 9.97. The van der Waals surface area contributed by atoms with E-state index in [9.17, 15) is 30.8 Å². The van der Waals surface area contributed by atoms with Crippen LogP contribution >= 0.6 is 0 Å². The summed E-state index contributed by atoms with van der Waals surface area (Å²) in [4.78, 5) is 12.7. The van der Waals surface area contributed by atoms with E-state index in [1.807, 2.05) is 0 Å². The Morgan fingerprint density at radius 1 is 1.16 bits per heavy atom. The number of carbonyl (C=O) groups excluding carboxylic acids is 1. The first-order chi connectivity index (χ1) is 14.5. The molecule has 1 amide bonds. The second-order valence-electron chi connectivity index (χ2n) is 7.51. The van der Waals surface area contributed by atoms with Gasteiger partial charge in [-0.1, -0.05) is 12.1 Å². The van der Waals surface area contributed by atoms with E-state index < -0.39 is 45.4 Å². The van der Waals surface area contributed by atoms with Crippen molar-refractivity contribution in [1.82, 2.24) is 9.62 Å². The number of alkyl halides is 3. The summed E-state index contributed by atoms with van der Waals surface area (Å²) in [7, 11) is -3.89. The van der Waals surface area contributed by atoms with Crippen molar-refractivity contribution in [3.8, 4) is 0 Å². The number of benzene rings is 2. The topological polar surface area (TPSA) is 66.5 Å². The van der Waals surface area contributed by atoms with E-state index in [4.69, 9.17) is 0 Å². The summed E-state index contributed by atoms with van der Waals surface area (Å²) in [6.07, 6.45) is -3.58. The molecule has 0 spiro atoms. The second kappa shape index (κ2) is 8.96. The molecule has 5 nitrogen and oxygen atoms in total. The number of amides is 1. The minimum Gasteiger partial charge on any atom is -0.349 e. The molecule has 0 aromatic heterocycles. The van der Waals surface area contributed by atoms with Gasteiger partial charge < -0.3 is 5.32 Å². The molecule has 168 valence electrons. The van der Waals surface area contributed by atoms with Crippen LogP contribution in [0.2, 0.25) is 0 Å². The monoisotopic (exact) mass is 458 g/mol. The Morgan fingerprint density at radius 3 is 2.48 bits per heavy atom. The zero-order valence-electron chi connectivity index (χ0n) is 16.7. The van der Waals surface area contributed by atoms with E-state index in [0.717, 1.165) is 24.3 Å². The molecule has 31 heavy (non-hydrogen) atoms. The maximum atomic E-state index is 13.1. The Kier molecular flexibility index (Phi) is 6.70. The highest BCUT2D eigenvalue weighted by Crippen LogP contribution is 2.31. The summed E-state index contributed by atoms with van der Waals surface area (Å²) in [5, 5.41) is 2.69. The number of nitrogens with zero attached hydrogens (tertiary/aromatic N) is 1. The molecule has 0 saturated carbocycles. The van der Waals surface area contributed by atoms with E-state index in [2.05, 4.69) is 5.32 Å². The van der Waals surface area contributed by atoms with Gasteiger partial charge in [-0.15, -0.1) is 0 Å². The van der Waals surface area contributed by atoms with Crippen LogP contribution in [0.4, 0.5) is 17.6 Å². The van der Waals surface area contributed by atoms with E-state index in [-0.39, 0.29) is 18.0 Å². The first-order valence-electron chi connectivity index (χ1n) is 9.72. The predicted octanol–water partition coefficient (Wildman–Crippen LogP) is 4.12. The van der Waals surface area contributed by atoms with Gasteiger partial charge in [-0.3, -0.25) is 4.79 Å². The van der Waals surface area contributed by atoms with Crippen LogP contribution in [-0.4, -0.2) is 31.7 Å². The molecule has 2 atom stereocenters. The van der Waals surface area contributed by atoms with Crippen molar-refractivity contribution >= 4 is 15.9 Å². The molecule has 1 heterocycles. The first-order valence-corrected chi connectivity index (χ1v) is 11.2. The molecule has 10 heteroatoms. The SMILES string of the molecule is C[C@H](NC(=O)[C@@H]1CCCN(S(=O)(=O)c2ccc(F)cc2)C1)c1cccc(C(F)(F)F)c1. The summed E-state index contributed by atoms with van der Waals surface area (Å²) in [5.74, 6) is -1.63. The molecule has 1 N–H and O–H groups in total. The lowest BCUT2D eigenvalue weighted by molar-refractivity contribution is -0.137. The van der Waals surface area contributed by atoms with Gasteiger partial charge in [-0.05, 0) is 61.7 Å². The lowest BCUT2D eigenvalue weighted by Gasteiger charge is -2.32. The molecular weight excluding hydrogens is 436 g/mol. The molecule has 2 aromatic carbocycles. The van der Waals surface area contributed by atoms with E-state index in [1.165, 1.54) is 28.6 Å². The van der Waals surface area contributed by atoms with Crippen molar-refractivity contribution < 1.29 is 30.8 Å². The maximum Gasteiger partial charge on any atom is 0.416 e. The molecule has 0 unspecified atom stereocenters. The number of hydrogen-bond donors (Lipinski definition) is 1. The van der Waals surface area contributed by atoms with E-state index >= 15 is 0 Å². The largest absolute Gasteiger partial charge is 0.416 e. The normalized spacial score (nSPS) is 19.1. The van der Waals surface area contributed by atoms with Gasteiger partial charge in [-0.2, -0.15) is 17.5 Å². The summed E-state index contributed by atoms with van der Waals surface area (Å²) < 4.78 is 78.7. The molecule has 0 bridgehead atoms. The number of hydrogen-bond acceptors (Lipinski definition) is 3. The van der Waals surface area contributed by atoms with Gasteiger partial charge in [0.1, 0.15) is 5.82 Å². The molecule has 1 fully saturated rings. The quantitative estimate of drug-likeness (QED) is 0.686. The average molecular weight is 458 g/mol. The highest BCUT2D eigenvalue weighted by atomic mass is 32.2. The van der Waals surface area contributed by atoms with Crippen molar-refractivity contribution in [2.75, 3.05) is 13.1 Å². The number of halogens is 4. The van der Waals surface area contributed by atoms with Crippen LogP contribution in [0.25, 0.3) is 0 Å². The van der Waals surface area contributed by atoms with Gasteiger partial charge in [0, 0.05) is 13.1 Å². The highest BCUT2D eigenvalue weighted by Gasteiger charge is 2.34. The van der Waals surface area contributed by atoms with E-state index in [1.54, 1.807) is 6.92 Å². The Balaban J connectivity index is 1.69. The van der Waals surface area contributed by atoms with Crippen LogP contribution in [0.3, 0.4) is 0 Å². The number of carbonyl (C=O) groups is 1. The van der Waals surface area contributed by atoms with Gasteiger partial charge in [0.05, 0.1) is 22.4 Å². The van der Waals surface area contributed by atoms with Crippen LogP contribution in [-0.2, 0) is 21.0 Å². The highest BCUT2D eigenvalue weighted by molar-refractivity contribution is 7.89.